The van der Waals surface area contributed by atoms with Gasteiger partial charge in [0.15, 0.2) is 5.96 Å². The maximum atomic E-state index is 13.5. The van der Waals surface area contributed by atoms with Crippen LogP contribution in [0.1, 0.15) is 32.3 Å². The molecule has 1 unspecified atom stereocenters. The van der Waals surface area contributed by atoms with Crippen LogP contribution < -0.4 is 10.6 Å². The zero-order valence-corrected chi connectivity index (χ0v) is 15.8. The first-order valence-corrected chi connectivity index (χ1v) is 9.73. The summed E-state index contributed by atoms with van der Waals surface area (Å²) < 4.78 is 13.5. The van der Waals surface area contributed by atoms with E-state index in [4.69, 9.17) is 4.99 Å². The summed E-state index contributed by atoms with van der Waals surface area (Å²) in [4.78, 5) is 10.5. The van der Waals surface area contributed by atoms with Gasteiger partial charge in [-0.05, 0) is 63.0 Å². The Bertz CT molecular complexity index is 739. The molecule has 142 valence electrons. The van der Waals surface area contributed by atoms with Crippen molar-refractivity contribution in [3.63, 3.8) is 0 Å². The molecule has 1 aliphatic rings. The van der Waals surface area contributed by atoms with E-state index in [2.05, 4.69) is 34.4 Å². The number of nitrogens with one attached hydrogen (secondary N) is 3. The van der Waals surface area contributed by atoms with E-state index in [9.17, 15) is 4.39 Å². The van der Waals surface area contributed by atoms with Gasteiger partial charge in [0.25, 0.3) is 0 Å². The summed E-state index contributed by atoms with van der Waals surface area (Å²) in [6, 6.07) is 5.43. The zero-order chi connectivity index (χ0) is 18.4. The van der Waals surface area contributed by atoms with Crippen LogP contribution in [0.25, 0.3) is 10.9 Å². The van der Waals surface area contributed by atoms with Gasteiger partial charge in [-0.3, -0.25) is 9.89 Å². The van der Waals surface area contributed by atoms with Gasteiger partial charge in [0, 0.05) is 36.2 Å². The molecule has 0 aliphatic carbocycles. The molecule has 6 heteroatoms. The molecule has 3 N–H and O–H groups in total. The minimum absolute atomic E-state index is 0.196. The monoisotopic (exact) mass is 359 g/mol. The molecule has 1 atom stereocenters. The predicted octanol–water partition coefficient (Wildman–Crippen LogP) is 2.89. The second-order valence-corrected chi connectivity index (χ2v) is 6.82. The smallest absolute Gasteiger partial charge is 0.191 e. The van der Waals surface area contributed by atoms with Crippen LogP contribution >= 0.6 is 0 Å². The number of rotatable bonds is 7. The van der Waals surface area contributed by atoms with E-state index in [1.165, 1.54) is 25.5 Å². The third-order valence-corrected chi connectivity index (χ3v) is 5.13. The SMILES string of the molecule is CCNC(=NCC1CCCN1CC)NCCc1c[nH]c2ccc(F)cc12. The number of H-pyrrole nitrogens is 1. The lowest BCUT2D eigenvalue weighted by atomic mass is 10.1. The number of halogens is 1. The molecule has 1 aromatic carbocycles. The van der Waals surface area contributed by atoms with Crippen molar-refractivity contribution >= 4 is 16.9 Å². The molecule has 1 aromatic heterocycles. The normalized spacial score (nSPS) is 18.6. The van der Waals surface area contributed by atoms with Crippen molar-refractivity contribution in [3.8, 4) is 0 Å². The van der Waals surface area contributed by atoms with E-state index in [0.29, 0.717) is 6.04 Å². The summed E-state index contributed by atoms with van der Waals surface area (Å²) in [5.74, 6) is 0.666. The van der Waals surface area contributed by atoms with Crippen molar-refractivity contribution in [3.05, 3.63) is 35.8 Å². The van der Waals surface area contributed by atoms with Gasteiger partial charge >= 0.3 is 0 Å². The molecule has 1 fully saturated rings. The Kier molecular flexibility index (Phi) is 6.50. The van der Waals surface area contributed by atoms with Crippen molar-refractivity contribution < 1.29 is 4.39 Å². The quantitative estimate of drug-likeness (QED) is 0.526. The first kappa shape index (κ1) is 18.7. The number of fused-ring (bicyclic) bond motifs is 1. The molecule has 0 saturated carbocycles. The third-order valence-electron chi connectivity index (χ3n) is 5.13. The summed E-state index contributed by atoms with van der Waals surface area (Å²) >= 11 is 0. The molecular formula is C20H30FN5. The molecule has 3 rings (SSSR count). The van der Waals surface area contributed by atoms with Crippen LogP contribution in [0.4, 0.5) is 4.39 Å². The number of hydrogen-bond donors (Lipinski definition) is 3. The highest BCUT2D eigenvalue weighted by molar-refractivity contribution is 5.83. The summed E-state index contributed by atoms with van der Waals surface area (Å²) in [5.41, 5.74) is 2.10. The first-order chi connectivity index (χ1) is 12.7. The third kappa shape index (κ3) is 4.55. The van der Waals surface area contributed by atoms with Crippen molar-refractivity contribution in [2.24, 2.45) is 4.99 Å². The summed E-state index contributed by atoms with van der Waals surface area (Å²) in [6.07, 6.45) is 5.29. The second-order valence-electron chi connectivity index (χ2n) is 6.82. The second kappa shape index (κ2) is 9.03. The van der Waals surface area contributed by atoms with Crippen LogP contribution in [0.15, 0.2) is 29.4 Å². The number of benzene rings is 1. The fourth-order valence-corrected chi connectivity index (χ4v) is 3.73. The van der Waals surface area contributed by atoms with Crippen molar-refractivity contribution in [1.29, 1.82) is 0 Å². The van der Waals surface area contributed by atoms with Gasteiger partial charge in [-0.1, -0.05) is 6.92 Å². The number of nitrogens with zero attached hydrogens (tertiary/aromatic N) is 2. The lowest BCUT2D eigenvalue weighted by Crippen LogP contribution is -2.40. The number of likely N-dealkylation sites (tertiary alicyclic amines) is 1. The van der Waals surface area contributed by atoms with Crippen LogP contribution in [0.5, 0.6) is 0 Å². The highest BCUT2D eigenvalue weighted by Gasteiger charge is 2.22. The van der Waals surface area contributed by atoms with E-state index in [1.54, 1.807) is 12.1 Å². The van der Waals surface area contributed by atoms with Crippen molar-refractivity contribution in [2.75, 3.05) is 32.7 Å². The van der Waals surface area contributed by atoms with Gasteiger partial charge in [0.2, 0.25) is 0 Å². The average Bonchev–Trinajstić information content (AvgIpc) is 3.26. The lowest BCUT2D eigenvalue weighted by Gasteiger charge is -2.21. The highest BCUT2D eigenvalue weighted by Crippen LogP contribution is 2.19. The van der Waals surface area contributed by atoms with E-state index >= 15 is 0 Å². The van der Waals surface area contributed by atoms with E-state index in [-0.39, 0.29) is 5.82 Å². The van der Waals surface area contributed by atoms with Gasteiger partial charge in [-0.15, -0.1) is 0 Å². The Morgan fingerprint density at radius 3 is 3.04 bits per heavy atom. The Balaban J connectivity index is 1.56. The number of likely N-dealkylation sites (N-methyl/N-ethyl adjacent to an activating group) is 1. The number of aromatic nitrogens is 1. The fraction of sp³-hybridized carbons (Fsp3) is 0.550. The Morgan fingerprint density at radius 1 is 1.35 bits per heavy atom. The number of aliphatic imine (C=N–C) groups is 1. The highest BCUT2D eigenvalue weighted by atomic mass is 19.1. The Morgan fingerprint density at radius 2 is 2.23 bits per heavy atom. The average molecular weight is 359 g/mol. The molecule has 5 nitrogen and oxygen atoms in total. The van der Waals surface area contributed by atoms with Gasteiger partial charge in [0.1, 0.15) is 5.82 Å². The summed E-state index contributed by atoms with van der Waals surface area (Å²) in [6.45, 7) is 9.02. The Labute approximate surface area is 155 Å². The predicted molar refractivity (Wildman–Crippen MR) is 106 cm³/mol. The molecule has 0 radical (unpaired) electrons. The van der Waals surface area contributed by atoms with E-state index < -0.39 is 0 Å². The molecule has 1 aliphatic heterocycles. The topological polar surface area (TPSA) is 55.5 Å². The summed E-state index contributed by atoms with van der Waals surface area (Å²) in [7, 11) is 0. The maximum Gasteiger partial charge on any atom is 0.191 e. The summed E-state index contributed by atoms with van der Waals surface area (Å²) in [5, 5.41) is 7.68. The van der Waals surface area contributed by atoms with E-state index in [0.717, 1.165) is 55.0 Å². The molecule has 26 heavy (non-hydrogen) atoms. The number of hydrogen-bond acceptors (Lipinski definition) is 2. The minimum Gasteiger partial charge on any atom is -0.361 e. The van der Waals surface area contributed by atoms with Gasteiger partial charge in [0.05, 0.1) is 6.54 Å². The molecule has 1 saturated heterocycles. The van der Waals surface area contributed by atoms with Crippen molar-refractivity contribution in [2.45, 2.75) is 39.2 Å². The fourth-order valence-electron chi connectivity index (χ4n) is 3.73. The molecule has 2 heterocycles. The molecule has 0 spiro atoms. The first-order valence-electron chi connectivity index (χ1n) is 9.73. The number of guanidine groups is 1. The van der Waals surface area contributed by atoms with Crippen LogP contribution in [0.2, 0.25) is 0 Å². The Hall–Kier alpha value is -2.08. The van der Waals surface area contributed by atoms with Crippen LogP contribution in [-0.4, -0.2) is 54.6 Å². The van der Waals surface area contributed by atoms with Gasteiger partial charge in [-0.25, -0.2) is 4.39 Å². The molecule has 0 amide bonds. The molecule has 2 aromatic rings. The number of aromatic amines is 1. The maximum absolute atomic E-state index is 13.5. The lowest BCUT2D eigenvalue weighted by molar-refractivity contribution is 0.273. The van der Waals surface area contributed by atoms with E-state index in [1.807, 2.05) is 6.20 Å². The molecular weight excluding hydrogens is 329 g/mol. The zero-order valence-electron chi connectivity index (χ0n) is 15.8. The van der Waals surface area contributed by atoms with Crippen LogP contribution in [0.3, 0.4) is 0 Å². The molecule has 0 bridgehead atoms. The van der Waals surface area contributed by atoms with Crippen LogP contribution in [-0.2, 0) is 6.42 Å². The van der Waals surface area contributed by atoms with Gasteiger partial charge in [-0.2, -0.15) is 0 Å². The minimum atomic E-state index is -0.196. The van der Waals surface area contributed by atoms with Gasteiger partial charge < -0.3 is 15.6 Å². The standard InChI is InChI=1S/C20H30FN5/c1-3-22-20(25-14-17-6-5-11-26(17)4-2)23-10-9-15-13-24-19-8-7-16(21)12-18(15)19/h7-8,12-13,17,24H,3-6,9-11,14H2,1-2H3,(H2,22,23,25). The van der Waals surface area contributed by atoms with Crippen molar-refractivity contribution in [1.82, 2.24) is 20.5 Å². The van der Waals surface area contributed by atoms with Crippen LogP contribution in [0, 0.1) is 5.82 Å². The largest absolute Gasteiger partial charge is 0.361 e.